The lowest BCUT2D eigenvalue weighted by Gasteiger charge is -1.97. The molecule has 0 aliphatic rings. The highest BCUT2D eigenvalue weighted by molar-refractivity contribution is 5.87. The average molecular weight is 284 g/mol. The van der Waals surface area contributed by atoms with E-state index in [0.717, 1.165) is 5.56 Å². The number of nitrogens with zero attached hydrogens (tertiary/aromatic N) is 2. The molecule has 6 heteroatoms. The topological polar surface area (TPSA) is 78.4 Å². The van der Waals surface area contributed by atoms with Crippen molar-refractivity contribution in [3.63, 3.8) is 0 Å². The van der Waals surface area contributed by atoms with E-state index in [9.17, 15) is 4.79 Å². The van der Waals surface area contributed by atoms with Gasteiger partial charge in [-0.15, -0.1) is 0 Å². The molecule has 0 spiro atoms. The van der Waals surface area contributed by atoms with Gasteiger partial charge in [0.2, 0.25) is 0 Å². The zero-order valence-corrected chi connectivity index (χ0v) is 11.3. The Morgan fingerprint density at radius 1 is 1.14 bits per heavy atom. The van der Waals surface area contributed by atoms with Crippen molar-refractivity contribution >= 4 is 5.97 Å². The van der Waals surface area contributed by atoms with E-state index < -0.39 is 5.97 Å². The summed E-state index contributed by atoms with van der Waals surface area (Å²) in [5.74, 6) is 0.616. The maximum absolute atomic E-state index is 11.7. The van der Waals surface area contributed by atoms with E-state index in [0.29, 0.717) is 17.2 Å². The van der Waals surface area contributed by atoms with Crippen LogP contribution < -0.4 is 0 Å². The Bertz CT molecular complexity index is 746. The fourth-order valence-corrected chi connectivity index (χ4v) is 1.79. The predicted molar refractivity (Wildman–Crippen MR) is 72.3 cm³/mol. The number of benzene rings is 1. The number of aromatic nitrogens is 2. The molecule has 2 aromatic heterocycles. The fourth-order valence-electron chi connectivity index (χ4n) is 1.79. The third kappa shape index (κ3) is 3.00. The number of rotatable bonds is 4. The number of aryl methyl sites for hydroxylation is 1. The summed E-state index contributed by atoms with van der Waals surface area (Å²) < 4.78 is 15.1. The van der Waals surface area contributed by atoms with Gasteiger partial charge in [-0.3, -0.25) is 0 Å². The summed E-state index contributed by atoms with van der Waals surface area (Å²) >= 11 is 0. The number of hydrogen-bond donors (Lipinski definition) is 0. The Labute approximate surface area is 120 Å². The standard InChI is InChI=1S/C15H12N2O4/c1-10-7-13(17-20-10)15(18)19-9-12-8-14(21-16-12)11-5-3-2-4-6-11/h2-8H,9H2,1H3. The molecule has 0 amide bonds. The summed E-state index contributed by atoms with van der Waals surface area (Å²) in [6.07, 6.45) is 0. The molecule has 0 unspecified atom stereocenters. The molecule has 3 aromatic rings. The van der Waals surface area contributed by atoms with Gasteiger partial charge in [-0.25, -0.2) is 4.79 Å². The van der Waals surface area contributed by atoms with Crippen LogP contribution in [0.25, 0.3) is 11.3 Å². The molecule has 0 fully saturated rings. The fraction of sp³-hybridized carbons (Fsp3) is 0.133. The van der Waals surface area contributed by atoms with Crippen LogP contribution in [0, 0.1) is 6.92 Å². The molecular weight excluding hydrogens is 272 g/mol. The second-order valence-corrected chi connectivity index (χ2v) is 4.45. The molecule has 1 aromatic carbocycles. The highest BCUT2D eigenvalue weighted by atomic mass is 16.5. The van der Waals surface area contributed by atoms with Gasteiger partial charge >= 0.3 is 5.97 Å². The van der Waals surface area contributed by atoms with Crippen molar-refractivity contribution in [2.45, 2.75) is 13.5 Å². The first kappa shape index (κ1) is 13.1. The minimum absolute atomic E-state index is 0.0150. The Morgan fingerprint density at radius 2 is 1.95 bits per heavy atom. The van der Waals surface area contributed by atoms with E-state index >= 15 is 0 Å². The monoisotopic (exact) mass is 284 g/mol. The quantitative estimate of drug-likeness (QED) is 0.685. The number of ether oxygens (including phenoxy) is 1. The number of carbonyl (C=O) groups is 1. The van der Waals surface area contributed by atoms with Crippen molar-refractivity contribution in [3.05, 3.63) is 59.6 Å². The third-order valence-electron chi connectivity index (χ3n) is 2.81. The summed E-state index contributed by atoms with van der Waals surface area (Å²) in [7, 11) is 0. The second kappa shape index (κ2) is 5.62. The minimum atomic E-state index is -0.559. The lowest BCUT2D eigenvalue weighted by molar-refractivity contribution is 0.0452. The smallest absolute Gasteiger partial charge is 0.360 e. The van der Waals surface area contributed by atoms with Gasteiger partial charge in [-0.05, 0) is 6.92 Å². The largest absolute Gasteiger partial charge is 0.454 e. The zero-order chi connectivity index (χ0) is 14.7. The van der Waals surface area contributed by atoms with Gasteiger partial charge < -0.3 is 13.8 Å². The molecule has 0 N–H and O–H groups in total. The minimum Gasteiger partial charge on any atom is -0.454 e. The zero-order valence-electron chi connectivity index (χ0n) is 11.3. The summed E-state index contributed by atoms with van der Waals surface area (Å²) in [4.78, 5) is 11.7. The summed E-state index contributed by atoms with van der Waals surface area (Å²) in [5, 5.41) is 7.45. The Kier molecular flexibility index (Phi) is 3.51. The number of carbonyl (C=O) groups excluding carboxylic acids is 1. The molecule has 0 saturated carbocycles. The van der Waals surface area contributed by atoms with Gasteiger partial charge in [-0.2, -0.15) is 0 Å². The normalized spacial score (nSPS) is 10.5. The van der Waals surface area contributed by atoms with Crippen LogP contribution in [0.2, 0.25) is 0 Å². The van der Waals surface area contributed by atoms with Crippen molar-refractivity contribution in [1.82, 2.24) is 10.3 Å². The van der Waals surface area contributed by atoms with Crippen molar-refractivity contribution < 1.29 is 18.6 Å². The highest BCUT2D eigenvalue weighted by Gasteiger charge is 2.14. The Balaban J connectivity index is 1.64. The van der Waals surface area contributed by atoms with Gasteiger partial charge in [0.25, 0.3) is 0 Å². The van der Waals surface area contributed by atoms with Crippen LogP contribution in [0.4, 0.5) is 0 Å². The lowest BCUT2D eigenvalue weighted by atomic mass is 10.2. The molecule has 0 atom stereocenters. The first-order valence-corrected chi connectivity index (χ1v) is 6.34. The molecule has 0 saturated heterocycles. The molecule has 106 valence electrons. The second-order valence-electron chi connectivity index (χ2n) is 4.45. The van der Waals surface area contributed by atoms with Crippen molar-refractivity contribution in [3.8, 4) is 11.3 Å². The molecule has 21 heavy (non-hydrogen) atoms. The van der Waals surface area contributed by atoms with Crippen LogP contribution in [0.1, 0.15) is 21.9 Å². The van der Waals surface area contributed by atoms with Crippen LogP contribution in [-0.4, -0.2) is 16.3 Å². The van der Waals surface area contributed by atoms with Crippen LogP contribution in [0.5, 0.6) is 0 Å². The Morgan fingerprint density at radius 3 is 2.67 bits per heavy atom. The average Bonchev–Trinajstić information content (AvgIpc) is 3.15. The molecule has 2 heterocycles. The SMILES string of the molecule is Cc1cc(C(=O)OCc2cc(-c3ccccc3)on2)no1. The Hall–Kier alpha value is -2.89. The van der Waals surface area contributed by atoms with Crippen LogP contribution >= 0.6 is 0 Å². The summed E-state index contributed by atoms with van der Waals surface area (Å²) in [6, 6.07) is 12.8. The van der Waals surface area contributed by atoms with Crippen LogP contribution in [-0.2, 0) is 11.3 Å². The number of hydrogen-bond acceptors (Lipinski definition) is 6. The molecule has 0 radical (unpaired) electrons. The van der Waals surface area contributed by atoms with Crippen LogP contribution in [0.3, 0.4) is 0 Å². The maximum atomic E-state index is 11.7. The van der Waals surface area contributed by atoms with E-state index in [1.165, 1.54) is 6.07 Å². The molecule has 0 aliphatic carbocycles. The molecular formula is C15H12N2O4. The van der Waals surface area contributed by atoms with Crippen molar-refractivity contribution in [2.75, 3.05) is 0 Å². The maximum Gasteiger partial charge on any atom is 0.360 e. The van der Waals surface area contributed by atoms with Crippen LogP contribution in [0.15, 0.2) is 51.5 Å². The molecule has 6 nitrogen and oxygen atoms in total. The van der Waals surface area contributed by atoms with Gasteiger partial charge in [0, 0.05) is 17.7 Å². The van der Waals surface area contributed by atoms with E-state index in [-0.39, 0.29) is 12.3 Å². The predicted octanol–water partition coefficient (Wildman–Crippen LogP) is 3.00. The summed E-state index contributed by atoms with van der Waals surface area (Å²) in [6.45, 7) is 1.72. The summed E-state index contributed by atoms with van der Waals surface area (Å²) in [5.41, 5.74) is 1.58. The van der Waals surface area contributed by atoms with Crippen molar-refractivity contribution in [2.24, 2.45) is 0 Å². The molecule has 0 bridgehead atoms. The number of esters is 1. The third-order valence-corrected chi connectivity index (χ3v) is 2.81. The van der Waals surface area contributed by atoms with E-state index in [1.807, 2.05) is 30.3 Å². The first-order valence-electron chi connectivity index (χ1n) is 6.34. The lowest BCUT2D eigenvalue weighted by Crippen LogP contribution is -2.05. The molecule has 0 aliphatic heterocycles. The van der Waals surface area contributed by atoms with E-state index in [1.54, 1.807) is 13.0 Å². The first-order chi connectivity index (χ1) is 10.2. The van der Waals surface area contributed by atoms with Gasteiger partial charge in [0.05, 0.1) is 0 Å². The van der Waals surface area contributed by atoms with E-state index in [2.05, 4.69) is 10.3 Å². The van der Waals surface area contributed by atoms with Crippen molar-refractivity contribution in [1.29, 1.82) is 0 Å². The van der Waals surface area contributed by atoms with E-state index in [4.69, 9.17) is 13.8 Å². The van der Waals surface area contributed by atoms with Gasteiger partial charge in [0.1, 0.15) is 18.1 Å². The highest BCUT2D eigenvalue weighted by Crippen LogP contribution is 2.20. The van der Waals surface area contributed by atoms with Gasteiger partial charge in [0.15, 0.2) is 11.5 Å². The van der Waals surface area contributed by atoms with Gasteiger partial charge in [-0.1, -0.05) is 40.6 Å². The molecule has 3 rings (SSSR count).